The van der Waals surface area contributed by atoms with Crippen LogP contribution in [0.1, 0.15) is 54.1 Å². The second-order valence-corrected chi connectivity index (χ2v) is 8.70. The van der Waals surface area contributed by atoms with Gasteiger partial charge in [0.2, 0.25) is 5.95 Å². The highest BCUT2D eigenvalue weighted by molar-refractivity contribution is 5.94. The van der Waals surface area contributed by atoms with Gasteiger partial charge in [0.25, 0.3) is 11.5 Å². The van der Waals surface area contributed by atoms with Crippen LogP contribution in [0.3, 0.4) is 0 Å². The number of nitrogens with zero attached hydrogens (tertiary/aromatic N) is 2. The summed E-state index contributed by atoms with van der Waals surface area (Å²) >= 11 is 0. The van der Waals surface area contributed by atoms with E-state index in [0.29, 0.717) is 23.2 Å². The molecule has 0 radical (unpaired) electrons. The molecule has 1 amide bonds. The molecular formula is C27H29F3N4O4. The van der Waals surface area contributed by atoms with Gasteiger partial charge in [-0.1, -0.05) is 44.0 Å². The van der Waals surface area contributed by atoms with Crippen LogP contribution in [-0.4, -0.2) is 39.6 Å². The van der Waals surface area contributed by atoms with Crippen molar-refractivity contribution in [2.75, 3.05) is 18.4 Å². The fourth-order valence-corrected chi connectivity index (χ4v) is 3.73. The van der Waals surface area contributed by atoms with Crippen LogP contribution < -0.4 is 16.2 Å². The Bertz CT molecular complexity index is 1320. The van der Waals surface area contributed by atoms with Gasteiger partial charge in [0.05, 0.1) is 24.2 Å². The molecule has 3 N–H and O–H groups in total. The lowest BCUT2D eigenvalue weighted by Gasteiger charge is -2.16. The highest BCUT2D eigenvalue weighted by Gasteiger charge is 2.30. The lowest BCUT2D eigenvalue weighted by atomic mass is 10.1. The highest BCUT2D eigenvalue weighted by atomic mass is 19.4. The summed E-state index contributed by atoms with van der Waals surface area (Å²) in [6.45, 7) is 2.68. The molecule has 0 spiro atoms. The summed E-state index contributed by atoms with van der Waals surface area (Å²) < 4.78 is 40.3. The first-order chi connectivity index (χ1) is 18.1. The normalized spacial score (nSPS) is 11.3. The molecule has 0 aliphatic rings. The Morgan fingerprint density at radius 1 is 1.03 bits per heavy atom. The van der Waals surface area contributed by atoms with Crippen LogP contribution in [0.2, 0.25) is 0 Å². The molecule has 2 aromatic carbocycles. The van der Waals surface area contributed by atoms with E-state index in [-0.39, 0.29) is 31.2 Å². The van der Waals surface area contributed by atoms with Crippen molar-refractivity contribution in [3.63, 3.8) is 0 Å². The number of carboxylic acid groups (broad SMARTS) is 1. The zero-order chi connectivity index (χ0) is 27.7. The average molecular weight is 531 g/mol. The van der Waals surface area contributed by atoms with Crippen LogP contribution in [0.25, 0.3) is 11.3 Å². The van der Waals surface area contributed by atoms with E-state index in [2.05, 4.69) is 22.5 Å². The van der Waals surface area contributed by atoms with Crippen molar-refractivity contribution in [1.29, 1.82) is 0 Å². The van der Waals surface area contributed by atoms with E-state index < -0.39 is 29.2 Å². The van der Waals surface area contributed by atoms with Gasteiger partial charge in [0.15, 0.2) is 0 Å². The van der Waals surface area contributed by atoms with Gasteiger partial charge in [-0.15, -0.1) is 0 Å². The average Bonchev–Trinajstić information content (AvgIpc) is 2.87. The maximum absolute atomic E-state index is 13.1. The number of amides is 1. The third-order valence-corrected chi connectivity index (χ3v) is 5.73. The second-order valence-electron chi connectivity index (χ2n) is 8.70. The van der Waals surface area contributed by atoms with E-state index >= 15 is 0 Å². The molecule has 0 fully saturated rings. The number of aliphatic carboxylic acids is 1. The van der Waals surface area contributed by atoms with Gasteiger partial charge in [0.1, 0.15) is 0 Å². The van der Waals surface area contributed by atoms with Gasteiger partial charge in [-0.25, -0.2) is 4.98 Å². The van der Waals surface area contributed by atoms with E-state index in [1.54, 1.807) is 24.3 Å². The van der Waals surface area contributed by atoms with Crippen molar-refractivity contribution in [3.05, 3.63) is 81.6 Å². The Morgan fingerprint density at radius 3 is 2.42 bits per heavy atom. The minimum atomic E-state index is -4.47. The van der Waals surface area contributed by atoms with Crippen LogP contribution in [0.5, 0.6) is 0 Å². The number of carbonyl (C=O) groups excluding carboxylic acids is 1. The molecular weight excluding hydrogens is 501 g/mol. The number of carboxylic acids is 1. The van der Waals surface area contributed by atoms with Crippen LogP contribution in [0.4, 0.5) is 19.1 Å². The maximum atomic E-state index is 13.1. The van der Waals surface area contributed by atoms with Gasteiger partial charge in [-0.3, -0.25) is 19.0 Å². The Kier molecular flexibility index (Phi) is 9.64. The van der Waals surface area contributed by atoms with Gasteiger partial charge >= 0.3 is 12.1 Å². The molecule has 0 bridgehead atoms. The quantitative estimate of drug-likeness (QED) is 0.291. The molecule has 0 atom stereocenters. The molecule has 8 nitrogen and oxygen atoms in total. The van der Waals surface area contributed by atoms with E-state index in [1.807, 2.05) is 0 Å². The third kappa shape index (κ3) is 7.92. The molecule has 0 aliphatic heterocycles. The number of hydrogen-bond donors (Lipinski definition) is 3. The zero-order valence-corrected chi connectivity index (χ0v) is 20.8. The summed E-state index contributed by atoms with van der Waals surface area (Å²) in [4.78, 5) is 40.8. The molecule has 202 valence electrons. The molecule has 1 aromatic heterocycles. The van der Waals surface area contributed by atoms with Crippen molar-refractivity contribution in [1.82, 2.24) is 14.9 Å². The monoisotopic (exact) mass is 530 g/mol. The topological polar surface area (TPSA) is 113 Å². The molecule has 0 aliphatic carbocycles. The largest absolute Gasteiger partial charge is 0.481 e. The number of aromatic nitrogens is 2. The number of unbranched alkanes of at least 4 members (excludes halogenated alkanes) is 2. The Labute approximate surface area is 217 Å². The van der Waals surface area contributed by atoms with Crippen molar-refractivity contribution in [2.24, 2.45) is 0 Å². The predicted molar refractivity (Wildman–Crippen MR) is 137 cm³/mol. The number of rotatable bonds is 12. The molecule has 38 heavy (non-hydrogen) atoms. The first-order valence-electron chi connectivity index (χ1n) is 12.2. The highest BCUT2D eigenvalue weighted by Crippen LogP contribution is 2.30. The van der Waals surface area contributed by atoms with Crippen LogP contribution in [-0.2, 0) is 17.5 Å². The van der Waals surface area contributed by atoms with Gasteiger partial charge in [-0.05, 0) is 36.2 Å². The minimum Gasteiger partial charge on any atom is -0.481 e. The number of alkyl halides is 3. The number of anilines is 1. The molecule has 11 heteroatoms. The third-order valence-electron chi connectivity index (χ3n) is 5.73. The number of benzene rings is 2. The fraction of sp³-hybridized carbons (Fsp3) is 0.333. The Hall–Kier alpha value is -4.15. The lowest BCUT2D eigenvalue weighted by Crippen LogP contribution is -2.27. The fourth-order valence-electron chi connectivity index (χ4n) is 3.73. The van der Waals surface area contributed by atoms with Gasteiger partial charge < -0.3 is 15.7 Å². The molecule has 3 rings (SSSR count). The zero-order valence-electron chi connectivity index (χ0n) is 20.8. The minimum absolute atomic E-state index is 0.0149. The first kappa shape index (κ1) is 28.4. The lowest BCUT2D eigenvalue weighted by molar-refractivity contribution is -0.138. The second kappa shape index (κ2) is 12.9. The Balaban J connectivity index is 1.89. The van der Waals surface area contributed by atoms with E-state index in [4.69, 9.17) is 5.11 Å². The van der Waals surface area contributed by atoms with Crippen LogP contribution in [0, 0.1) is 0 Å². The summed E-state index contributed by atoms with van der Waals surface area (Å²) in [5.74, 6) is -1.20. The predicted octanol–water partition coefficient (Wildman–Crippen LogP) is 4.78. The maximum Gasteiger partial charge on any atom is 0.416 e. The number of halogens is 3. The summed E-state index contributed by atoms with van der Waals surface area (Å²) in [5.41, 5.74) is 0.360. The van der Waals surface area contributed by atoms with E-state index in [1.165, 1.54) is 22.8 Å². The summed E-state index contributed by atoms with van der Waals surface area (Å²) in [7, 11) is 0. The number of nitrogens with one attached hydrogen (secondary N) is 2. The SMILES string of the molecule is CCCCCNc1nc(-c2ccc(C(F)(F)F)cc2)cc(=O)n1Cc1cccc(C(=O)NCCC(=O)O)c1. The number of hydrogen-bond acceptors (Lipinski definition) is 5. The molecule has 1 heterocycles. The summed E-state index contributed by atoms with van der Waals surface area (Å²) in [5, 5.41) is 14.5. The summed E-state index contributed by atoms with van der Waals surface area (Å²) in [6, 6.07) is 12.3. The number of carbonyl (C=O) groups is 2. The van der Waals surface area contributed by atoms with Crippen molar-refractivity contribution >= 4 is 17.8 Å². The molecule has 0 saturated heterocycles. The molecule has 3 aromatic rings. The van der Waals surface area contributed by atoms with Gasteiger partial charge in [-0.2, -0.15) is 13.2 Å². The van der Waals surface area contributed by atoms with Crippen molar-refractivity contribution < 1.29 is 27.9 Å². The first-order valence-corrected chi connectivity index (χ1v) is 12.2. The van der Waals surface area contributed by atoms with Crippen molar-refractivity contribution in [2.45, 2.75) is 45.3 Å². The van der Waals surface area contributed by atoms with Crippen molar-refractivity contribution in [3.8, 4) is 11.3 Å². The van der Waals surface area contributed by atoms with E-state index in [0.717, 1.165) is 31.4 Å². The smallest absolute Gasteiger partial charge is 0.416 e. The molecule has 0 saturated carbocycles. The van der Waals surface area contributed by atoms with Crippen LogP contribution >= 0.6 is 0 Å². The van der Waals surface area contributed by atoms with Gasteiger partial charge in [0, 0.05) is 30.3 Å². The Morgan fingerprint density at radius 2 is 1.76 bits per heavy atom. The standard InChI is InChI=1S/C27H29F3N4O4/c1-2-3-4-13-32-26-33-22(19-8-10-21(11-9-19)27(28,29)30)16-23(35)34(26)17-18-6-5-7-20(15-18)25(38)31-14-12-24(36)37/h5-11,15-16H,2-4,12-14,17H2,1H3,(H,31,38)(H,32,33)(H,36,37). The van der Waals surface area contributed by atoms with E-state index in [9.17, 15) is 27.6 Å². The summed E-state index contributed by atoms with van der Waals surface area (Å²) in [6.07, 6.45) is -1.87. The molecule has 0 unspecified atom stereocenters. The van der Waals surface area contributed by atoms with Crippen LogP contribution in [0.15, 0.2) is 59.4 Å².